The van der Waals surface area contributed by atoms with Crippen molar-refractivity contribution in [2.75, 3.05) is 0 Å². The minimum absolute atomic E-state index is 0.272. The van der Waals surface area contributed by atoms with E-state index in [-0.39, 0.29) is 6.04 Å². The molecule has 0 aromatic carbocycles. The van der Waals surface area contributed by atoms with Crippen LogP contribution < -0.4 is 0 Å². The summed E-state index contributed by atoms with van der Waals surface area (Å²) in [7, 11) is 0. The second kappa shape index (κ2) is 5.94. The third-order valence-corrected chi connectivity index (χ3v) is 4.60. The Morgan fingerprint density at radius 3 is 2.95 bits per heavy atom. The van der Waals surface area contributed by atoms with Crippen LogP contribution in [0.25, 0.3) is 11.2 Å². The van der Waals surface area contributed by atoms with Gasteiger partial charge in [0.15, 0.2) is 5.65 Å². The van der Waals surface area contributed by atoms with Gasteiger partial charge < -0.3 is 4.57 Å². The van der Waals surface area contributed by atoms with Crippen LogP contribution in [-0.2, 0) is 5.88 Å². The third-order valence-electron chi connectivity index (χ3n) is 3.39. The van der Waals surface area contributed by atoms with Crippen molar-refractivity contribution in [3.8, 4) is 0 Å². The first-order valence-electron chi connectivity index (χ1n) is 6.76. The molecule has 0 fully saturated rings. The van der Waals surface area contributed by atoms with Gasteiger partial charge in [0.1, 0.15) is 11.3 Å². The molecule has 0 bridgehead atoms. The SMILES string of the molecule is CCCC(c1cccs1)n1c(CCl)nc2cccnc21. The minimum Gasteiger partial charge on any atom is -0.303 e. The molecule has 104 valence electrons. The van der Waals surface area contributed by atoms with E-state index in [1.165, 1.54) is 4.88 Å². The molecule has 0 aliphatic carbocycles. The first-order valence-corrected chi connectivity index (χ1v) is 8.17. The number of pyridine rings is 1. The Labute approximate surface area is 127 Å². The standard InChI is InChI=1S/C15H16ClN3S/c1-2-5-12(13-7-4-9-20-13)19-14(10-16)18-11-6-3-8-17-15(11)19/h3-4,6-9,12H,2,5,10H2,1H3. The van der Waals surface area contributed by atoms with Gasteiger partial charge in [0.05, 0.1) is 11.9 Å². The number of aromatic nitrogens is 3. The van der Waals surface area contributed by atoms with Crippen molar-refractivity contribution >= 4 is 34.1 Å². The van der Waals surface area contributed by atoms with Crippen LogP contribution in [0.2, 0.25) is 0 Å². The van der Waals surface area contributed by atoms with Gasteiger partial charge in [0.2, 0.25) is 0 Å². The normalized spacial score (nSPS) is 12.9. The zero-order chi connectivity index (χ0) is 13.9. The van der Waals surface area contributed by atoms with Crippen molar-refractivity contribution in [2.24, 2.45) is 0 Å². The zero-order valence-corrected chi connectivity index (χ0v) is 12.9. The molecule has 3 aromatic rings. The van der Waals surface area contributed by atoms with Crippen LogP contribution in [-0.4, -0.2) is 14.5 Å². The van der Waals surface area contributed by atoms with Gasteiger partial charge in [-0.15, -0.1) is 22.9 Å². The Hall–Kier alpha value is -1.39. The molecule has 0 spiro atoms. The topological polar surface area (TPSA) is 30.7 Å². The van der Waals surface area contributed by atoms with Gasteiger partial charge in [0.25, 0.3) is 0 Å². The summed E-state index contributed by atoms with van der Waals surface area (Å²) >= 11 is 7.88. The van der Waals surface area contributed by atoms with Crippen LogP contribution >= 0.6 is 22.9 Å². The van der Waals surface area contributed by atoms with Crippen molar-refractivity contribution < 1.29 is 0 Å². The molecule has 3 nitrogen and oxygen atoms in total. The van der Waals surface area contributed by atoms with Gasteiger partial charge >= 0.3 is 0 Å². The van der Waals surface area contributed by atoms with Crippen LogP contribution in [0.4, 0.5) is 0 Å². The highest BCUT2D eigenvalue weighted by atomic mass is 35.5. The first-order chi connectivity index (χ1) is 9.85. The molecule has 0 saturated heterocycles. The number of hydrogen-bond acceptors (Lipinski definition) is 3. The maximum absolute atomic E-state index is 6.10. The summed E-state index contributed by atoms with van der Waals surface area (Å²) in [6.45, 7) is 2.20. The van der Waals surface area contributed by atoms with Crippen molar-refractivity contribution in [3.63, 3.8) is 0 Å². The average molecular weight is 306 g/mol. The molecule has 1 atom stereocenters. The quantitative estimate of drug-likeness (QED) is 0.644. The largest absolute Gasteiger partial charge is 0.303 e. The molecular weight excluding hydrogens is 290 g/mol. The number of hydrogen-bond donors (Lipinski definition) is 0. The first kappa shape index (κ1) is 13.6. The summed E-state index contributed by atoms with van der Waals surface area (Å²) in [6, 6.07) is 8.45. The molecular formula is C15H16ClN3S. The summed E-state index contributed by atoms with van der Waals surface area (Å²) in [5.41, 5.74) is 1.84. The number of nitrogens with zero attached hydrogens (tertiary/aromatic N) is 3. The molecule has 0 aliphatic heterocycles. The second-order valence-electron chi connectivity index (χ2n) is 4.70. The lowest BCUT2D eigenvalue weighted by atomic mass is 10.1. The number of imidazole rings is 1. The molecule has 0 aliphatic rings. The van der Waals surface area contributed by atoms with E-state index in [4.69, 9.17) is 11.6 Å². The summed E-state index contributed by atoms with van der Waals surface area (Å²) < 4.78 is 2.21. The Bertz CT molecular complexity index is 690. The molecule has 0 N–H and O–H groups in total. The van der Waals surface area contributed by atoms with E-state index < -0.39 is 0 Å². The van der Waals surface area contributed by atoms with Crippen LogP contribution in [0.3, 0.4) is 0 Å². The van der Waals surface area contributed by atoms with E-state index in [0.29, 0.717) is 5.88 Å². The van der Waals surface area contributed by atoms with E-state index in [1.54, 1.807) is 11.3 Å². The van der Waals surface area contributed by atoms with Gasteiger partial charge in [-0.2, -0.15) is 0 Å². The molecule has 0 saturated carbocycles. The predicted octanol–water partition coefficient (Wildman–Crippen LogP) is 4.62. The molecule has 3 rings (SSSR count). The fourth-order valence-electron chi connectivity index (χ4n) is 2.55. The lowest BCUT2D eigenvalue weighted by molar-refractivity contribution is 0.537. The highest BCUT2D eigenvalue weighted by molar-refractivity contribution is 7.10. The van der Waals surface area contributed by atoms with Crippen molar-refractivity contribution in [2.45, 2.75) is 31.7 Å². The predicted molar refractivity (Wildman–Crippen MR) is 84.5 cm³/mol. The minimum atomic E-state index is 0.272. The number of fused-ring (bicyclic) bond motifs is 1. The summed E-state index contributed by atoms with van der Waals surface area (Å²) in [5, 5.41) is 2.12. The van der Waals surface area contributed by atoms with Crippen molar-refractivity contribution in [1.29, 1.82) is 0 Å². The van der Waals surface area contributed by atoms with Crippen molar-refractivity contribution in [3.05, 3.63) is 46.5 Å². The molecule has 0 amide bonds. The number of thiophene rings is 1. The fraction of sp³-hybridized carbons (Fsp3) is 0.333. The van der Waals surface area contributed by atoms with E-state index in [1.807, 2.05) is 18.3 Å². The van der Waals surface area contributed by atoms with Gasteiger partial charge in [-0.1, -0.05) is 19.4 Å². The number of halogens is 1. The Morgan fingerprint density at radius 2 is 2.25 bits per heavy atom. The number of alkyl halides is 1. The third kappa shape index (κ3) is 2.34. The summed E-state index contributed by atoms with van der Waals surface area (Å²) in [6.07, 6.45) is 3.99. The van der Waals surface area contributed by atoms with Crippen LogP contribution in [0.15, 0.2) is 35.8 Å². The van der Waals surface area contributed by atoms with Gasteiger partial charge in [-0.25, -0.2) is 9.97 Å². The summed E-state index contributed by atoms with van der Waals surface area (Å²) in [4.78, 5) is 10.5. The van der Waals surface area contributed by atoms with Crippen LogP contribution in [0.5, 0.6) is 0 Å². The maximum atomic E-state index is 6.10. The van der Waals surface area contributed by atoms with Gasteiger partial charge in [-0.05, 0) is 30.0 Å². The molecule has 20 heavy (non-hydrogen) atoms. The van der Waals surface area contributed by atoms with Crippen molar-refractivity contribution in [1.82, 2.24) is 14.5 Å². The average Bonchev–Trinajstić information content (AvgIpc) is 3.12. The Balaban J connectivity index is 2.19. The summed E-state index contributed by atoms with van der Waals surface area (Å²) in [5.74, 6) is 1.30. The van der Waals surface area contributed by atoms with E-state index in [0.717, 1.165) is 29.8 Å². The highest BCUT2D eigenvalue weighted by Gasteiger charge is 2.21. The molecule has 3 heterocycles. The lowest BCUT2D eigenvalue weighted by Gasteiger charge is -2.19. The van der Waals surface area contributed by atoms with Gasteiger partial charge in [0, 0.05) is 11.1 Å². The van der Waals surface area contributed by atoms with E-state index >= 15 is 0 Å². The van der Waals surface area contributed by atoms with Crippen LogP contribution in [0, 0.1) is 0 Å². The molecule has 3 aromatic heterocycles. The molecule has 1 unspecified atom stereocenters. The zero-order valence-electron chi connectivity index (χ0n) is 11.3. The Kier molecular flexibility index (Phi) is 4.03. The Morgan fingerprint density at radius 1 is 1.35 bits per heavy atom. The van der Waals surface area contributed by atoms with Gasteiger partial charge in [-0.3, -0.25) is 0 Å². The molecule has 5 heteroatoms. The van der Waals surface area contributed by atoms with Crippen LogP contribution in [0.1, 0.15) is 36.5 Å². The molecule has 0 radical (unpaired) electrons. The number of rotatable bonds is 5. The fourth-order valence-corrected chi connectivity index (χ4v) is 3.59. The lowest BCUT2D eigenvalue weighted by Crippen LogP contribution is -2.12. The van der Waals surface area contributed by atoms with E-state index in [9.17, 15) is 0 Å². The van der Waals surface area contributed by atoms with E-state index in [2.05, 4.69) is 39.0 Å². The maximum Gasteiger partial charge on any atom is 0.160 e. The highest BCUT2D eigenvalue weighted by Crippen LogP contribution is 2.31. The smallest absolute Gasteiger partial charge is 0.160 e. The second-order valence-corrected chi connectivity index (χ2v) is 5.94. The monoisotopic (exact) mass is 305 g/mol.